The maximum absolute atomic E-state index is 12.1. The molecule has 6 nitrogen and oxygen atoms in total. The predicted molar refractivity (Wildman–Crippen MR) is 79.5 cm³/mol. The van der Waals surface area contributed by atoms with Crippen molar-refractivity contribution in [2.24, 2.45) is 0 Å². The molecule has 6 heteroatoms. The van der Waals surface area contributed by atoms with Gasteiger partial charge in [-0.2, -0.15) is 0 Å². The largest absolute Gasteiger partial charge is 0.504 e. The Morgan fingerprint density at radius 1 is 1.29 bits per heavy atom. The third kappa shape index (κ3) is 4.66. The summed E-state index contributed by atoms with van der Waals surface area (Å²) >= 11 is 0. The van der Waals surface area contributed by atoms with Gasteiger partial charge in [-0.05, 0) is 39.8 Å². The Morgan fingerprint density at radius 2 is 1.90 bits per heavy atom. The van der Waals surface area contributed by atoms with E-state index >= 15 is 0 Å². The zero-order chi connectivity index (χ0) is 16.2. The van der Waals surface area contributed by atoms with Crippen LogP contribution in [0.15, 0.2) is 18.2 Å². The van der Waals surface area contributed by atoms with Gasteiger partial charge < -0.3 is 20.5 Å². The molecule has 0 heterocycles. The summed E-state index contributed by atoms with van der Waals surface area (Å²) in [7, 11) is 1.40. The van der Waals surface area contributed by atoms with Crippen LogP contribution in [0.4, 0.5) is 0 Å². The molecule has 0 saturated heterocycles. The maximum atomic E-state index is 12.1. The molecule has 0 aromatic heterocycles. The van der Waals surface area contributed by atoms with Crippen LogP contribution in [0.2, 0.25) is 0 Å². The average molecular weight is 294 g/mol. The minimum Gasteiger partial charge on any atom is -0.504 e. The number of rotatable bonds is 4. The van der Waals surface area contributed by atoms with E-state index in [1.54, 1.807) is 19.1 Å². The first-order valence-corrected chi connectivity index (χ1v) is 6.64. The van der Waals surface area contributed by atoms with Gasteiger partial charge in [0.1, 0.15) is 6.04 Å². The van der Waals surface area contributed by atoms with E-state index in [2.05, 4.69) is 10.6 Å². The summed E-state index contributed by atoms with van der Waals surface area (Å²) < 4.78 is 4.94. The van der Waals surface area contributed by atoms with Gasteiger partial charge in [0.2, 0.25) is 5.91 Å². The molecule has 0 aliphatic heterocycles. The number of carbonyl (C=O) groups excluding carboxylic acids is 2. The third-order valence-corrected chi connectivity index (χ3v) is 2.70. The van der Waals surface area contributed by atoms with Crippen LogP contribution in [0.1, 0.15) is 38.1 Å². The van der Waals surface area contributed by atoms with Crippen LogP contribution < -0.4 is 15.4 Å². The number of amides is 2. The average Bonchev–Trinajstić information content (AvgIpc) is 2.36. The van der Waals surface area contributed by atoms with Crippen molar-refractivity contribution in [2.75, 3.05) is 7.11 Å². The first kappa shape index (κ1) is 16.8. The molecule has 3 N–H and O–H groups in total. The van der Waals surface area contributed by atoms with Gasteiger partial charge in [0.05, 0.1) is 12.7 Å². The van der Waals surface area contributed by atoms with Crippen molar-refractivity contribution in [3.8, 4) is 11.5 Å². The lowest BCUT2D eigenvalue weighted by Crippen LogP contribution is -2.50. The maximum Gasteiger partial charge on any atom is 0.255 e. The first-order chi connectivity index (χ1) is 9.65. The number of benzene rings is 1. The summed E-state index contributed by atoms with van der Waals surface area (Å²) in [5.41, 5.74) is -0.321. The van der Waals surface area contributed by atoms with Gasteiger partial charge in [-0.3, -0.25) is 9.59 Å². The quantitative estimate of drug-likeness (QED) is 0.784. The standard InChI is InChI=1S/C15H22N2O4/c1-9(13(19)17-15(2,3)4)16-14(20)10-7-6-8-11(21-5)12(10)18/h6-9,18H,1-5H3,(H,16,20)(H,17,19). The van der Waals surface area contributed by atoms with E-state index < -0.39 is 11.9 Å². The van der Waals surface area contributed by atoms with Crippen LogP contribution in [0.3, 0.4) is 0 Å². The number of para-hydroxylation sites is 1. The summed E-state index contributed by atoms with van der Waals surface area (Å²) in [4.78, 5) is 24.0. The Kier molecular flexibility index (Phi) is 5.18. The number of aromatic hydroxyl groups is 1. The zero-order valence-electron chi connectivity index (χ0n) is 13.0. The summed E-state index contributed by atoms with van der Waals surface area (Å²) in [6.45, 7) is 7.14. The Labute approximate surface area is 124 Å². The van der Waals surface area contributed by atoms with Crippen molar-refractivity contribution in [3.63, 3.8) is 0 Å². The molecule has 0 radical (unpaired) electrons. The van der Waals surface area contributed by atoms with Crippen LogP contribution in [0.5, 0.6) is 11.5 Å². The number of hydrogen-bond acceptors (Lipinski definition) is 4. The molecule has 116 valence electrons. The highest BCUT2D eigenvalue weighted by atomic mass is 16.5. The van der Waals surface area contributed by atoms with Gasteiger partial charge in [0.15, 0.2) is 11.5 Å². The van der Waals surface area contributed by atoms with E-state index in [0.717, 1.165) is 0 Å². The topological polar surface area (TPSA) is 87.7 Å². The van der Waals surface area contributed by atoms with E-state index in [1.165, 1.54) is 13.2 Å². The second-order valence-electron chi connectivity index (χ2n) is 5.79. The van der Waals surface area contributed by atoms with E-state index in [0.29, 0.717) is 0 Å². The molecule has 1 aromatic carbocycles. The predicted octanol–water partition coefficient (Wildman–Crippen LogP) is 1.43. The molecule has 1 atom stereocenters. The van der Waals surface area contributed by atoms with Crippen molar-refractivity contribution in [1.29, 1.82) is 0 Å². The number of carbonyl (C=O) groups is 2. The Hall–Kier alpha value is -2.24. The van der Waals surface area contributed by atoms with Gasteiger partial charge in [-0.15, -0.1) is 0 Å². The van der Waals surface area contributed by atoms with Crippen LogP contribution in [0.25, 0.3) is 0 Å². The van der Waals surface area contributed by atoms with Crippen molar-refractivity contribution >= 4 is 11.8 Å². The first-order valence-electron chi connectivity index (χ1n) is 6.64. The van der Waals surface area contributed by atoms with Crippen molar-refractivity contribution in [1.82, 2.24) is 10.6 Å². The van der Waals surface area contributed by atoms with Gasteiger partial charge in [-0.1, -0.05) is 6.07 Å². The summed E-state index contributed by atoms with van der Waals surface area (Å²) in [6.07, 6.45) is 0. The highest BCUT2D eigenvalue weighted by Gasteiger charge is 2.22. The molecule has 1 unspecified atom stereocenters. The number of nitrogens with one attached hydrogen (secondary N) is 2. The monoisotopic (exact) mass is 294 g/mol. The van der Waals surface area contributed by atoms with Crippen LogP contribution in [0, 0.1) is 0 Å². The molecule has 0 bridgehead atoms. The molecular weight excluding hydrogens is 272 g/mol. The molecule has 0 fully saturated rings. The number of methoxy groups -OCH3 is 1. The Balaban J connectivity index is 2.80. The third-order valence-electron chi connectivity index (χ3n) is 2.70. The van der Waals surface area contributed by atoms with Gasteiger partial charge in [0.25, 0.3) is 5.91 Å². The van der Waals surface area contributed by atoms with Crippen molar-refractivity contribution in [3.05, 3.63) is 23.8 Å². The molecular formula is C15H22N2O4. The molecule has 1 aromatic rings. The van der Waals surface area contributed by atoms with Gasteiger partial charge in [-0.25, -0.2) is 0 Å². The SMILES string of the molecule is COc1cccc(C(=O)NC(C)C(=O)NC(C)(C)C)c1O. The highest BCUT2D eigenvalue weighted by Crippen LogP contribution is 2.29. The van der Waals surface area contributed by atoms with Crippen LogP contribution >= 0.6 is 0 Å². The van der Waals surface area contributed by atoms with E-state index in [4.69, 9.17) is 4.74 Å². The van der Waals surface area contributed by atoms with Crippen LogP contribution in [-0.4, -0.2) is 35.6 Å². The molecule has 0 aliphatic rings. The lowest BCUT2D eigenvalue weighted by Gasteiger charge is -2.23. The molecule has 21 heavy (non-hydrogen) atoms. The number of phenols is 1. The fourth-order valence-electron chi connectivity index (χ4n) is 1.69. The normalized spacial score (nSPS) is 12.4. The summed E-state index contributed by atoms with van der Waals surface area (Å²) in [6, 6.07) is 3.87. The molecule has 0 spiro atoms. The Morgan fingerprint density at radius 3 is 2.43 bits per heavy atom. The molecule has 2 amide bonds. The van der Waals surface area contributed by atoms with Gasteiger partial charge in [0, 0.05) is 5.54 Å². The number of phenolic OH excluding ortho intramolecular Hbond substituents is 1. The summed E-state index contributed by atoms with van der Waals surface area (Å²) in [5.74, 6) is -0.878. The molecule has 1 rings (SSSR count). The Bertz CT molecular complexity index is 535. The lowest BCUT2D eigenvalue weighted by molar-refractivity contribution is -0.124. The van der Waals surface area contributed by atoms with Crippen molar-refractivity contribution < 1.29 is 19.4 Å². The molecule has 0 saturated carbocycles. The van der Waals surface area contributed by atoms with Crippen molar-refractivity contribution in [2.45, 2.75) is 39.3 Å². The van der Waals surface area contributed by atoms with Crippen LogP contribution in [-0.2, 0) is 4.79 Å². The summed E-state index contributed by atoms with van der Waals surface area (Å²) in [5, 5.41) is 15.2. The minimum absolute atomic E-state index is 0.0600. The van der Waals surface area contributed by atoms with E-state index in [9.17, 15) is 14.7 Å². The fourth-order valence-corrected chi connectivity index (χ4v) is 1.69. The van der Waals surface area contributed by atoms with E-state index in [-0.39, 0.29) is 28.5 Å². The van der Waals surface area contributed by atoms with Gasteiger partial charge >= 0.3 is 0 Å². The highest BCUT2D eigenvalue weighted by molar-refractivity contribution is 6.00. The zero-order valence-corrected chi connectivity index (χ0v) is 13.0. The smallest absolute Gasteiger partial charge is 0.255 e. The fraction of sp³-hybridized carbons (Fsp3) is 0.467. The number of ether oxygens (including phenoxy) is 1. The second kappa shape index (κ2) is 6.47. The van der Waals surface area contributed by atoms with E-state index in [1.807, 2.05) is 20.8 Å². The second-order valence-corrected chi connectivity index (χ2v) is 5.79. The number of hydrogen-bond donors (Lipinski definition) is 3. The lowest BCUT2D eigenvalue weighted by atomic mass is 10.1. The minimum atomic E-state index is -0.720. The molecule has 0 aliphatic carbocycles.